The number of rotatable bonds is 5. The molecule has 12 heavy (non-hydrogen) atoms. The lowest BCUT2D eigenvalue weighted by molar-refractivity contribution is 0.702. The van der Waals surface area contributed by atoms with Crippen molar-refractivity contribution in [1.82, 2.24) is 5.32 Å². The van der Waals surface area contributed by atoms with Crippen molar-refractivity contribution in [3.63, 3.8) is 0 Å². The van der Waals surface area contributed by atoms with Gasteiger partial charge in [-0.2, -0.15) is 0 Å². The zero-order valence-electron chi connectivity index (χ0n) is 7.79. The van der Waals surface area contributed by atoms with Crippen molar-refractivity contribution in [3.8, 4) is 0 Å². The van der Waals surface area contributed by atoms with Crippen molar-refractivity contribution in [2.75, 3.05) is 6.54 Å². The normalized spacial score (nSPS) is 22.6. The Morgan fingerprint density at radius 2 is 2.50 bits per heavy atom. The van der Waals surface area contributed by atoms with Crippen LogP contribution in [0.4, 0.5) is 0 Å². The first-order valence-electron chi connectivity index (χ1n) is 4.85. The Morgan fingerprint density at radius 3 is 3.17 bits per heavy atom. The van der Waals surface area contributed by atoms with Gasteiger partial charge in [0.05, 0.1) is 0 Å². The van der Waals surface area contributed by atoms with Gasteiger partial charge in [-0.25, -0.2) is 0 Å². The number of unbranched alkanes of at least 4 members (excludes halogenated alkanes) is 3. The van der Waals surface area contributed by atoms with Crippen molar-refractivity contribution in [2.24, 2.45) is 4.99 Å². The fourth-order valence-corrected chi connectivity index (χ4v) is 1.25. The maximum Gasteiger partial charge on any atom is 0.118 e. The average molecular weight is 166 g/mol. The Kier molecular flexibility index (Phi) is 4.69. The first kappa shape index (κ1) is 9.46. The highest BCUT2D eigenvalue weighted by atomic mass is 15.1. The highest BCUT2D eigenvalue weighted by molar-refractivity contribution is 5.62. The van der Waals surface area contributed by atoms with Gasteiger partial charge in [0, 0.05) is 12.8 Å². The van der Waals surface area contributed by atoms with Gasteiger partial charge in [-0.3, -0.25) is 10.3 Å². The van der Waals surface area contributed by atoms with Crippen LogP contribution in [0.25, 0.3) is 0 Å². The molecule has 68 valence electrons. The topological polar surface area (TPSA) is 24.4 Å². The maximum absolute atomic E-state index is 4.23. The standard InChI is InChI=1S/C10H18N2/c1-2-3-4-5-6-7-10-11-8-9-12-10/h6-8,10,12H,2-5,9H2,1H3/b7-6+. The Hall–Kier alpha value is -0.630. The van der Waals surface area contributed by atoms with Crippen molar-refractivity contribution in [1.29, 1.82) is 0 Å². The number of aliphatic imine (C=N–C) groups is 1. The molecular weight excluding hydrogens is 148 g/mol. The Balaban J connectivity index is 2.01. The lowest BCUT2D eigenvalue weighted by atomic mass is 10.2. The van der Waals surface area contributed by atoms with Gasteiger partial charge in [0.15, 0.2) is 0 Å². The van der Waals surface area contributed by atoms with Gasteiger partial charge in [0.25, 0.3) is 0 Å². The summed E-state index contributed by atoms with van der Waals surface area (Å²) in [5.41, 5.74) is 0. The van der Waals surface area contributed by atoms with E-state index in [0.29, 0.717) is 0 Å². The smallest absolute Gasteiger partial charge is 0.118 e. The second-order valence-corrected chi connectivity index (χ2v) is 3.11. The lowest BCUT2D eigenvalue weighted by Gasteiger charge is -1.99. The predicted octanol–water partition coefficient (Wildman–Crippen LogP) is 2.12. The van der Waals surface area contributed by atoms with Crippen molar-refractivity contribution >= 4 is 6.21 Å². The molecule has 1 atom stereocenters. The minimum absolute atomic E-state index is 0.256. The number of nitrogens with zero attached hydrogens (tertiary/aromatic N) is 1. The molecule has 0 radical (unpaired) electrons. The summed E-state index contributed by atoms with van der Waals surface area (Å²) in [6, 6.07) is 0. The molecule has 0 aromatic rings. The molecular formula is C10H18N2. The second kappa shape index (κ2) is 5.95. The van der Waals surface area contributed by atoms with E-state index >= 15 is 0 Å². The van der Waals surface area contributed by atoms with Gasteiger partial charge in [-0.1, -0.05) is 25.8 Å². The van der Waals surface area contributed by atoms with E-state index in [9.17, 15) is 0 Å². The fourth-order valence-electron chi connectivity index (χ4n) is 1.25. The summed E-state index contributed by atoms with van der Waals surface area (Å²) in [5.74, 6) is 0. The first-order valence-corrected chi connectivity index (χ1v) is 4.85. The second-order valence-electron chi connectivity index (χ2n) is 3.11. The van der Waals surface area contributed by atoms with E-state index < -0.39 is 0 Å². The largest absolute Gasteiger partial charge is 0.287 e. The average Bonchev–Trinajstić information content (AvgIpc) is 2.57. The summed E-state index contributed by atoms with van der Waals surface area (Å²) in [4.78, 5) is 4.23. The molecule has 1 aliphatic rings. The number of hydrogen-bond donors (Lipinski definition) is 1. The molecule has 1 heterocycles. The summed E-state index contributed by atoms with van der Waals surface area (Å²) in [6.45, 7) is 3.15. The maximum atomic E-state index is 4.23. The third kappa shape index (κ3) is 3.67. The fraction of sp³-hybridized carbons (Fsp3) is 0.700. The van der Waals surface area contributed by atoms with Crippen LogP contribution in [0, 0.1) is 0 Å². The zero-order valence-corrected chi connectivity index (χ0v) is 7.79. The molecule has 0 aromatic heterocycles. The molecule has 0 saturated heterocycles. The van der Waals surface area contributed by atoms with Crippen molar-refractivity contribution in [3.05, 3.63) is 12.2 Å². The van der Waals surface area contributed by atoms with E-state index in [4.69, 9.17) is 0 Å². The van der Waals surface area contributed by atoms with Gasteiger partial charge in [-0.15, -0.1) is 0 Å². The van der Waals surface area contributed by atoms with Crippen LogP contribution in [-0.4, -0.2) is 18.9 Å². The van der Waals surface area contributed by atoms with E-state index in [-0.39, 0.29) is 6.17 Å². The molecule has 0 aliphatic carbocycles. The summed E-state index contributed by atoms with van der Waals surface area (Å²) in [7, 11) is 0. The molecule has 1 N–H and O–H groups in total. The Labute approximate surface area is 74.8 Å². The molecule has 1 rings (SSSR count). The summed E-state index contributed by atoms with van der Waals surface area (Å²) in [5, 5.41) is 3.24. The highest BCUT2D eigenvalue weighted by Crippen LogP contribution is 2.01. The molecule has 2 nitrogen and oxygen atoms in total. The Bertz CT molecular complexity index is 161. The minimum Gasteiger partial charge on any atom is -0.287 e. The zero-order chi connectivity index (χ0) is 8.65. The van der Waals surface area contributed by atoms with Gasteiger partial charge in [0.1, 0.15) is 6.17 Å². The van der Waals surface area contributed by atoms with E-state index in [1.54, 1.807) is 0 Å². The van der Waals surface area contributed by atoms with E-state index in [0.717, 1.165) is 6.54 Å². The molecule has 2 heteroatoms. The molecule has 0 spiro atoms. The van der Waals surface area contributed by atoms with E-state index in [1.165, 1.54) is 25.7 Å². The predicted molar refractivity (Wildman–Crippen MR) is 53.6 cm³/mol. The van der Waals surface area contributed by atoms with Crippen molar-refractivity contribution < 1.29 is 0 Å². The third-order valence-corrected chi connectivity index (χ3v) is 1.98. The Morgan fingerprint density at radius 1 is 1.58 bits per heavy atom. The molecule has 0 bridgehead atoms. The summed E-state index contributed by atoms with van der Waals surface area (Å²) < 4.78 is 0. The van der Waals surface area contributed by atoms with Crippen LogP contribution in [0.5, 0.6) is 0 Å². The van der Waals surface area contributed by atoms with Gasteiger partial charge in [-0.05, 0) is 18.9 Å². The van der Waals surface area contributed by atoms with Crippen LogP contribution in [0.3, 0.4) is 0 Å². The molecule has 0 aromatic carbocycles. The third-order valence-electron chi connectivity index (χ3n) is 1.98. The van der Waals surface area contributed by atoms with Crippen LogP contribution in [-0.2, 0) is 0 Å². The van der Waals surface area contributed by atoms with E-state index in [1.807, 2.05) is 6.21 Å². The van der Waals surface area contributed by atoms with Crippen LogP contribution in [0.1, 0.15) is 32.6 Å². The molecule has 0 fully saturated rings. The highest BCUT2D eigenvalue weighted by Gasteiger charge is 2.02. The van der Waals surface area contributed by atoms with Crippen LogP contribution < -0.4 is 5.32 Å². The number of hydrogen-bond acceptors (Lipinski definition) is 2. The molecule has 0 saturated carbocycles. The van der Waals surface area contributed by atoms with Crippen LogP contribution >= 0.6 is 0 Å². The minimum atomic E-state index is 0.256. The number of allylic oxidation sites excluding steroid dienone is 1. The SMILES string of the molecule is CCCCC/C=C/C1N=CCN1. The van der Waals surface area contributed by atoms with E-state index in [2.05, 4.69) is 29.4 Å². The van der Waals surface area contributed by atoms with Gasteiger partial charge in [0.2, 0.25) is 0 Å². The number of nitrogens with one attached hydrogen (secondary N) is 1. The summed E-state index contributed by atoms with van der Waals surface area (Å²) >= 11 is 0. The molecule has 1 aliphatic heterocycles. The monoisotopic (exact) mass is 166 g/mol. The van der Waals surface area contributed by atoms with Gasteiger partial charge >= 0.3 is 0 Å². The van der Waals surface area contributed by atoms with Gasteiger partial charge < -0.3 is 0 Å². The first-order chi connectivity index (χ1) is 5.93. The summed E-state index contributed by atoms with van der Waals surface area (Å²) in [6.07, 6.45) is 11.7. The quantitative estimate of drug-likeness (QED) is 0.491. The molecule has 0 amide bonds. The lowest BCUT2D eigenvalue weighted by Crippen LogP contribution is -2.19. The van der Waals surface area contributed by atoms with Crippen LogP contribution in [0.2, 0.25) is 0 Å². The molecule has 1 unspecified atom stereocenters. The van der Waals surface area contributed by atoms with Crippen molar-refractivity contribution in [2.45, 2.75) is 38.8 Å². The van der Waals surface area contributed by atoms with Crippen LogP contribution in [0.15, 0.2) is 17.1 Å².